The monoisotopic (exact) mass is 237 g/mol. The van der Waals surface area contributed by atoms with Gasteiger partial charge in [0.15, 0.2) is 0 Å². The van der Waals surface area contributed by atoms with E-state index < -0.39 is 4.92 Å². The molecule has 5 nitrogen and oxygen atoms in total. The van der Waals surface area contributed by atoms with E-state index in [1.165, 1.54) is 18.2 Å². The van der Waals surface area contributed by atoms with Crippen LogP contribution in [0.25, 0.3) is 0 Å². The quantitative estimate of drug-likeness (QED) is 0.660. The fourth-order valence-corrected chi connectivity index (χ4v) is 1.48. The zero-order valence-electron chi connectivity index (χ0n) is 8.13. The lowest BCUT2D eigenvalue weighted by Gasteiger charge is -2.08. The number of benzene rings is 1. The highest BCUT2D eigenvalue weighted by Crippen LogP contribution is 2.27. The third-order valence-electron chi connectivity index (χ3n) is 2.01. The zero-order chi connectivity index (χ0) is 11.5. The molecule has 0 spiro atoms. The third kappa shape index (κ3) is 2.14. The Hall–Kier alpha value is -2.01. The van der Waals surface area contributed by atoms with Gasteiger partial charge in [0.05, 0.1) is 4.92 Å². The summed E-state index contributed by atoms with van der Waals surface area (Å²) in [6, 6.07) is 7.99. The molecule has 2 aromatic rings. The van der Waals surface area contributed by atoms with E-state index >= 15 is 0 Å². The lowest BCUT2D eigenvalue weighted by atomic mass is 10.3. The van der Waals surface area contributed by atoms with Gasteiger partial charge in [0.1, 0.15) is 5.69 Å². The van der Waals surface area contributed by atoms with Gasteiger partial charge in [0.2, 0.25) is 0 Å². The summed E-state index contributed by atoms with van der Waals surface area (Å²) in [7, 11) is 0. The van der Waals surface area contributed by atoms with Crippen LogP contribution >= 0.6 is 11.6 Å². The first-order valence-corrected chi connectivity index (χ1v) is 4.88. The van der Waals surface area contributed by atoms with Crippen LogP contribution in [0.2, 0.25) is 5.02 Å². The Morgan fingerprint density at radius 3 is 2.62 bits per heavy atom. The fraction of sp³-hybridized carbons (Fsp3) is 0. The minimum atomic E-state index is -0.456. The van der Waals surface area contributed by atoms with Crippen LogP contribution in [-0.2, 0) is 0 Å². The van der Waals surface area contributed by atoms with Crippen LogP contribution in [0.5, 0.6) is 0 Å². The highest BCUT2D eigenvalue weighted by atomic mass is 35.5. The standard InChI is InChI=1S/C10H8ClN3O2/c11-8-3-4-10(14(15)16)9(7-8)12-13-5-1-2-6-13/h1-7,12H. The predicted octanol–water partition coefficient (Wildman–Crippen LogP) is 2.92. The molecule has 0 saturated carbocycles. The van der Waals surface area contributed by atoms with Gasteiger partial charge in [-0.05, 0) is 24.3 Å². The third-order valence-corrected chi connectivity index (χ3v) is 2.24. The molecule has 0 fully saturated rings. The van der Waals surface area contributed by atoms with E-state index in [0.29, 0.717) is 10.7 Å². The molecular weight excluding hydrogens is 230 g/mol. The molecule has 0 radical (unpaired) electrons. The SMILES string of the molecule is O=[N+]([O-])c1ccc(Cl)cc1Nn1cccc1. The van der Waals surface area contributed by atoms with Crippen molar-refractivity contribution in [2.45, 2.75) is 0 Å². The van der Waals surface area contributed by atoms with E-state index in [1.54, 1.807) is 17.1 Å². The van der Waals surface area contributed by atoms with E-state index in [-0.39, 0.29) is 5.69 Å². The molecule has 0 aliphatic carbocycles. The second-order valence-electron chi connectivity index (χ2n) is 3.12. The largest absolute Gasteiger partial charge is 0.294 e. The second kappa shape index (κ2) is 4.24. The van der Waals surface area contributed by atoms with Gasteiger partial charge < -0.3 is 0 Å². The molecule has 1 N–H and O–H groups in total. The van der Waals surface area contributed by atoms with Crippen LogP contribution in [0.15, 0.2) is 42.7 Å². The van der Waals surface area contributed by atoms with Gasteiger partial charge in [0.25, 0.3) is 5.69 Å². The Morgan fingerprint density at radius 1 is 1.31 bits per heavy atom. The average molecular weight is 238 g/mol. The summed E-state index contributed by atoms with van der Waals surface area (Å²) in [6.07, 6.45) is 3.48. The maximum atomic E-state index is 10.8. The van der Waals surface area contributed by atoms with Gasteiger partial charge in [0, 0.05) is 23.5 Å². The van der Waals surface area contributed by atoms with Crippen LogP contribution < -0.4 is 5.43 Å². The van der Waals surface area contributed by atoms with Crippen molar-refractivity contribution in [3.8, 4) is 0 Å². The summed E-state index contributed by atoms with van der Waals surface area (Å²) in [5.74, 6) is 0. The van der Waals surface area contributed by atoms with Crippen molar-refractivity contribution in [2.24, 2.45) is 0 Å². The van der Waals surface area contributed by atoms with Gasteiger partial charge in [-0.15, -0.1) is 0 Å². The minimum Gasteiger partial charge on any atom is -0.288 e. The van der Waals surface area contributed by atoms with Crippen LogP contribution in [-0.4, -0.2) is 9.60 Å². The number of nitro groups is 1. The van der Waals surface area contributed by atoms with Crippen molar-refractivity contribution in [3.05, 3.63) is 57.9 Å². The molecule has 16 heavy (non-hydrogen) atoms. The van der Waals surface area contributed by atoms with Gasteiger partial charge in [-0.1, -0.05) is 11.6 Å². The molecule has 6 heteroatoms. The maximum Gasteiger partial charge on any atom is 0.294 e. The number of halogens is 1. The molecule has 82 valence electrons. The van der Waals surface area contributed by atoms with Crippen molar-refractivity contribution < 1.29 is 4.92 Å². The first-order valence-electron chi connectivity index (χ1n) is 4.51. The number of nitro benzene ring substituents is 1. The Balaban J connectivity index is 2.38. The summed E-state index contributed by atoms with van der Waals surface area (Å²) < 4.78 is 1.61. The lowest BCUT2D eigenvalue weighted by molar-refractivity contribution is -0.384. The Morgan fingerprint density at radius 2 is 2.00 bits per heavy atom. The smallest absolute Gasteiger partial charge is 0.288 e. The molecule has 0 aliphatic rings. The van der Waals surface area contributed by atoms with Crippen molar-refractivity contribution in [2.75, 3.05) is 5.43 Å². The van der Waals surface area contributed by atoms with Crippen LogP contribution in [0.4, 0.5) is 11.4 Å². The van der Waals surface area contributed by atoms with E-state index in [9.17, 15) is 10.1 Å². The first-order chi connectivity index (χ1) is 7.66. The Bertz CT molecular complexity index is 511. The van der Waals surface area contributed by atoms with Gasteiger partial charge >= 0.3 is 0 Å². The Kier molecular flexibility index (Phi) is 2.78. The summed E-state index contributed by atoms with van der Waals surface area (Å²) in [5, 5.41) is 11.2. The average Bonchev–Trinajstić information content (AvgIpc) is 2.70. The number of aromatic nitrogens is 1. The number of nitrogens with zero attached hydrogens (tertiary/aromatic N) is 2. The normalized spacial score (nSPS) is 10.1. The summed E-state index contributed by atoms with van der Waals surface area (Å²) in [6.45, 7) is 0. The topological polar surface area (TPSA) is 60.1 Å². The number of hydrogen-bond donors (Lipinski definition) is 1. The zero-order valence-corrected chi connectivity index (χ0v) is 8.89. The minimum absolute atomic E-state index is 0.0156. The summed E-state index contributed by atoms with van der Waals surface area (Å²) in [5.41, 5.74) is 3.20. The highest BCUT2D eigenvalue weighted by Gasteiger charge is 2.13. The molecule has 1 aromatic heterocycles. The molecule has 0 atom stereocenters. The van der Waals surface area contributed by atoms with Crippen LogP contribution in [0.3, 0.4) is 0 Å². The van der Waals surface area contributed by atoms with E-state index in [4.69, 9.17) is 11.6 Å². The highest BCUT2D eigenvalue weighted by molar-refractivity contribution is 6.31. The van der Waals surface area contributed by atoms with Crippen molar-refractivity contribution >= 4 is 23.0 Å². The van der Waals surface area contributed by atoms with Crippen molar-refractivity contribution in [1.29, 1.82) is 0 Å². The molecule has 1 heterocycles. The van der Waals surface area contributed by atoms with E-state index in [0.717, 1.165) is 0 Å². The fourth-order valence-electron chi connectivity index (χ4n) is 1.31. The van der Waals surface area contributed by atoms with E-state index in [2.05, 4.69) is 5.43 Å². The number of hydrogen-bond acceptors (Lipinski definition) is 3. The molecule has 2 rings (SSSR count). The molecule has 1 aromatic carbocycles. The molecule has 0 unspecified atom stereocenters. The van der Waals surface area contributed by atoms with Crippen LogP contribution in [0.1, 0.15) is 0 Å². The molecular formula is C10H8ClN3O2. The molecule has 0 saturated heterocycles. The number of nitrogens with one attached hydrogen (secondary N) is 1. The number of rotatable bonds is 3. The predicted molar refractivity (Wildman–Crippen MR) is 61.6 cm³/mol. The molecule has 0 amide bonds. The van der Waals surface area contributed by atoms with Crippen molar-refractivity contribution in [3.63, 3.8) is 0 Å². The Labute approximate surface area is 96.4 Å². The second-order valence-corrected chi connectivity index (χ2v) is 3.56. The van der Waals surface area contributed by atoms with E-state index in [1.807, 2.05) is 12.1 Å². The number of anilines is 1. The van der Waals surface area contributed by atoms with Crippen molar-refractivity contribution in [1.82, 2.24) is 4.68 Å². The molecule has 0 bridgehead atoms. The summed E-state index contributed by atoms with van der Waals surface area (Å²) >= 11 is 5.79. The first kappa shape index (κ1) is 10.5. The van der Waals surface area contributed by atoms with Gasteiger partial charge in [-0.2, -0.15) is 0 Å². The van der Waals surface area contributed by atoms with Gasteiger partial charge in [-0.25, -0.2) is 0 Å². The lowest BCUT2D eigenvalue weighted by Crippen LogP contribution is -2.07. The van der Waals surface area contributed by atoms with Gasteiger partial charge in [-0.3, -0.25) is 20.2 Å². The molecule has 0 aliphatic heterocycles. The summed E-state index contributed by atoms with van der Waals surface area (Å²) in [4.78, 5) is 10.3. The maximum absolute atomic E-state index is 10.8. The van der Waals surface area contributed by atoms with Crippen LogP contribution in [0, 0.1) is 10.1 Å².